The van der Waals surface area contributed by atoms with Crippen LogP contribution in [0.15, 0.2) is 0 Å². The number of carbonyl (C=O) groups is 1. The van der Waals surface area contributed by atoms with E-state index >= 15 is 0 Å². The maximum atomic E-state index is 9.28. The van der Waals surface area contributed by atoms with Gasteiger partial charge in [0.1, 0.15) is 0 Å². The summed E-state index contributed by atoms with van der Waals surface area (Å²) < 4.78 is -0.208. The van der Waals surface area contributed by atoms with E-state index in [2.05, 4.69) is 31.9 Å². The van der Waals surface area contributed by atoms with Gasteiger partial charge in [0, 0.05) is 31.9 Å². The van der Waals surface area contributed by atoms with Crippen molar-refractivity contribution in [2.45, 2.75) is 0 Å². The first-order chi connectivity index (χ1) is 1.73. The number of hydrogen-bond donors (Lipinski definition) is 0. The molecule has 0 aliphatic heterocycles. The topological polar surface area (TPSA) is 17.1 Å². The van der Waals surface area contributed by atoms with Gasteiger partial charge in [0.25, 0.3) is 3.60 Å². The molecule has 0 saturated heterocycles. The third-order valence-electron chi connectivity index (χ3n) is 0. The second kappa shape index (κ2) is 5.14. The van der Waals surface area contributed by atoms with E-state index in [0.29, 0.717) is 0 Å². The largest absolute Gasteiger partial charge is 2.00 e. The molecule has 0 N–H and O–H groups in total. The van der Waals surface area contributed by atoms with Crippen LogP contribution in [0, 0.1) is 0 Å². The SMILES string of the molecule is O=C(Br)Br.[Co+2]. The van der Waals surface area contributed by atoms with Gasteiger partial charge in [0.2, 0.25) is 0 Å². The van der Waals surface area contributed by atoms with Crippen LogP contribution in [0.4, 0.5) is 4.79 Å². The summed E-state index contributed by atoms with van der Waals surface area (Å²) in [5, 5.41) is 0. The third-order valence-corrected chi connectivity index (χ3v) is 0. The van der Waals surface area contributed by atoms with Crippen LogP contribution in [-0.4, -0.2) is 3.60 Å². The van der Waals surface area contributed by atoms with E-state index in [1.807, 2.05) is 0 Å². The summed E-state index contributed by atoms with van der Waals surface area (Å²) in [4.78, 5) is 9.28. The minimum absolute atomic E-state index is 0. The second-order valence-electron chi connectivity index (χ2n) is 0.226. The monoisotopic (exact) mass is 245 g/mol. The van der Waals surface area contributed by atoms with Gasteiger partial charge in [0.05, 0.1) is 0 Å². The maximum Gasteiger partial charge on any atom is 2.00 e. The Kier molecular flexibility index (Phi) is 9.72. The molecule has 0 atom stereocenters. The average Bonchev–Trinajstić information content (AvgIpc) is 0.811. The first-order valence-corrected chi connectivity index (χ1v) is 2.17. The molecule has 0 amide bonds. The molecule has 0 fully saturated rings. The fraction of sp³-hybridized carbons (Fsp3) is 0. The van der Waals surface area contributed by atoms with Gasteiger partial charge in [-0.25, -0.2) is 0 Å². The molecule has 0 aromatic carbocycles. The first kappa shape index (κ1) is 9.46. The summed E-state index contributed by atoms with van der Waals surface area (Å²) in [6.07, 6.45) is 0. The van der Waals surface area contributed by atoms with Gasteiger partial charge < -0.3 is 0 Å². The van der Waals surface area contributed by atoms with Crippen molar-refractivity contribution in [3.63, 3.8) is 0 Å². The molecule has 0 spiro atoms. The summed E-state index contributed by atoms with van der Waals surface area (Å²) >= 11 is 5.10. The van der Waals surface area contributed by atoms with Crippen LogP contribution in [0.2, 0.25) is 0 Å². The van der Waals surface area contributed by atoms with E-state index in [-0.39, 0.29) is 20.4 Å². The van der Waals surface area contributed by atoms with Crippen LogP contribution < -0.4 is 0 Å². The molecular formula is CBr2CoO+2. The van der Waals surface area contributed by atoms with E-state index in [0.717, 1.165) is 0 Å². The van der Waals surface area contributed by atoms with E-state index in [1.165, 1.54) is 0 Å². The summed E-state index contributed by atoms with van der Waals surface area (Å²) in [6.45, 7) is 0. The van der Waals surface area contributed by atoms with E-state index < -0.39 is 0 Å². The number of hydrogen-bond acceptors (Lipinski definition) is 1. The van der Waals surface area contributed by atoms with Crippen LogP contribution >= 0.6 is 31.9 Å². The zero-order valence-electron chi connectivity index (χ0n) is 2.00. The average molecular weight is 247 g/mol. The molecule has 0 aliphatic carbocycles. The number of carbonyl (C=O) groups excluding carboxylic acids is 1. The fourth-order valence-electron chi connectivity index (χ4n) is 0. The number of rotatable bonds is 0. The minimum Gasteiger partial charge on any atom is -0.273 e. The van der Waals surface area contributed by atoms with Gasteiger partial charge in [-0.1, -0.05) is 0 Å². The molecule has 31 valence electrons. The van der Waals surface area contributed by atoms with Crippen molar-refractivity contribution in [2.75, 3.05) is 0 Å². The molecule has 0 heterocycles. The van der Waals surface area contributed by atoms with Crippen molar-refractivity contribution in [3.05, 3.63) is 0 Å². The Morgan fingerprint density at radius 1 is 1.40 bits per heavy atom. The van der Waals surface area contributed by atoms with Gasteiger partial charge >= 0.3 is 16.8 Å². The number of halogens is 2. The smallest absolute Gasteiger partial charge is 0.273 e. The quantitative estimate of drug-likeness (QED) is 0.597. The molecule has 1 nitrogen and oxygen atoms in total. The Morgan fingerprint density at radius 3 is 1.40 bits per heavy atom. The molecule has 0 unspecified atom stereocenters. The standard InChI is InChI=1S/CBr2O.Co/c2-1(3)4;/q;+2. The van der Waals surface area contributed by atoms with Gasteiger partial charge in [-0.15, -0.1) is 0 Å². The fourth-order valence-corrected chi connectivity index (χ4v) is 0. The summed E-state index contributed by atoms with van der Waals surface area (Å²) in [6, 6.07) is 0. The molecule has 0 aromatic rings. The van der Waals surface area contributed by atoms with Crippen molar-refractivity contribution < 1.29 is 21.6 Å². The minimum atomic E-state index is -0.208. The first-order valence-electron chi connectivity index (χ1n) is 0.582. The van der Waals surface area contributed by atoms with E-state index in [4.69, 9.17) is 0 Å². The molecule has 0 aromatic heterocycles. The zero-order valence-corrected chi connectivity index (χ0v) is 6.21. The van der Waals surface area contributed by atoms with Crippen molar-refractivity contribution in [3.8, 4) is 0 Å². The molecule has 1 radical (unpaired) electrons. The summed E-state index contributed by atoms with van der Waals surface area (Å²) in [7, 11) is 0. The van der Waals surface area contributed by atoms with Gasteiger partial charge in [-0.2, -0.15) is 0 Å². The molecule has 0 saturated carbocycles. The Morgan fingerprint density at radius 2 is 1.40 bits per heavy atom. The van der Waals surface area contributed by atoms with Crippen molar-refractivity contribution in [1.82, 2.24) is 0 Å². The van der Waals surface area contributed by atoms with Crippen LogP contribution in [0.5, 0.6) is 0 Å². The molecule has 0 bridgehead atoms. The van der Waals surface area contributed by atoms with E-state index in [1.54, 1.807) is 0 Å². The summed E-state index contributed by atoms with van der Waals surface area (Å²) in [5.74, 6) is 0. The molecule has 0 aliphatic rings. The van der Waals surface area contributed by atoms with Crippen LogP contribution in [-0.2, 0) is 16.8 Å². The molecule has 5 heavy (non-hydrogen) atoms. The second-order valence-corrected chi connectivity index (χ2v) is 2.73. The van der Waals surface area contributed by atoms with Crippen molar-refractivity contribution in [1.29, 1.82) is 0 Å². The Bertz CT molecular complexity index is 32.6. The van der Waals surface area contributed by atoms with Crippen LogP contribution in [0.1, 0.15) is 0 Å². The Balaban J connectivity index is 0. The van der Waals surface area contributed by atoms with E-state index in [9.17, 15) is 4.79 Å². The predicted molar refractivity (Wildman–Crippen MR) is 23.2 cm³/mol. The van der Waals surface area contributed by atoms with Crippen LogP contribution in [0.3, 0.4) is 0 Å². The van der Waals surface area contributed by atoms with Gasteiger partial charge in [-0.05, 0) is 0 Å². The Hall–Kier alpha value is 1.14. The normalized spacial score (nSPS) is 5.20. The molecule has 4 heteroatoms. The van der Waals surface area contributed by atoms with Crippen molar-refractivity contribution in [2.24, 2.45) is 0 Å². The van der Waals surface area contributed by atoms with Gasteiger partial charge in [-0.3, -0.25) is 4.79 Å². The Labute approximate surface area is 57.0 Å². The van der Waals surface area contributed by atoms with Crippen molar-refractivity contribution >= 4 is 35.5 Å². The predicted octanol–water partition coefficient (Wildman–Crippen LogP) is 1.89. The molecular weight excluding hydrogens is 247 g/mol. The summed E-state index contributed by atoms with van der Waals surface area (Å²) in [5.41, 5.74) is 0. The maximum absolute atomic E-state index is 9.28. The van der Waals surface area contributed by atoms with Crippen LogP contribution in [0.25, 0.3) is 0 Å². The zero-order chi connectivity index (χ0) is 3.58. The van der Waals surface area contributed by atoms with Gasteiger partial charge in [0.15, 0.2) is 0 Å². The molecule has 0 rings (SSSR count). The third kappa shape index (κ3) is 39.1.